The summed E-state index contributed by atoms with van der Waals surface area (Å²) in [6, 6.07) is 31.6. The quantitative estimate of drug-likeness (QED) is 0.430. The second-order valence-corrected chi connectivity index (χ2v) is 8.90. The number of carboxylic acid groups (broad SMARTS) is 2. The van der Waals surface area contributed by atoms with Crippen LogP contribution in [0.25, 0.3) is 0 Å². The molecular weight excluding hydrogens is 442 g/mol. The molecule has 2 N–H and O–H groups in total. The molecule has 6 nitrogen and oxygen atoms in total. The summed E-state index contributed by atoms with van der Waals surface area (Å²) in [6.07, 6.45) is 2.29. The van der Waals surface area contributed by atoms with E-state index >= 15 is 0 Å². The zero-order valence-corrected chi connectivity index (χ0v) is 20.2. The van der Waals surface area contributed by atoms with E-state index in [4.69, 9.17) is 19.8 Å². The second-order valence-electron chi connectivity index (χ2n) is 8.90. The Morgan fingerprint density at radius 2 is 1.11 bits per heavy atom. The maximum absolute atomic E-state index is 11.7. The number of rotatable bonds is 10. The Balaban J connectivity index is 0.000000641. The van der Waals surface area contributed by atoms with Gasteiger partial charge in [-0.15, -0.1) is 0 Å². The maximum atomic E-state index is 11.7. The van der Waals surface area contributed by atoms with Crippen molar-refractivity contribution in [2.45, 2.75) is 44.8 Å². The van der Waals surface area contributed by atoms with Gasteiger partial charge < -0.3 is 30.2 Å². The molecule has 0 amide bonds. The summed E-state index contributed by atoms with van der Waals surface area (Å²) in [7, 11) is 0. The number of carbonyl (C=O) groups excluding carboxylic acids is 2. The lowest BCUT2D eigenvalue weighted by molar-refractivity contribution is -0.345. The van der Waals surface area contributed by atoms with Gasteiger partial charge in [-0.25, -0.2) is 0 Å². The van der Waals surface area contributed by atoms with Gasteiger partial charge in [-0.05, 0) is 36.0 Å². The SMILES string of the molecule is CC(Cc1ccccc1)NCC(C)C(O)(Cc1ccccc1)Cc1ccccc1.O=C([O-])C(=O)[O-]. The number of benzene rings is 3. The number of carbonyl (C=O) groups is 2. The largest absolute Gasteiger partial charge is 0.543 e. The molecule has 3 rings (SSSR count). The first-order valence-electron chi connectivity index (χ1n) is 11.7. The third kappa shape index (κ3) is 10.1. The van der Waals surface area contributed by atoms with E-state index in [-0.39, 0.29) is 5.92 Å². The normalized spacial score (nSPS) is 12.7. The molecule has 2 atom stereocenters. The first kappa shape index (κ1) is 27.8. The highest BCUT2D eigenvalue weighted by atomic mass is 16.4. The Labute approximate surface area is 207 Å². The van der Waals surface area contributed by atoms with E-state index in [1.54, 1.807) is 0 Å². The van der Waals surface area contributed by atoms with E-state index in [0.29, 0.717) is 18.9 Å². The lowest BCUT2D eigenvalue weighted by Gasteiger charge is -2.36. The molecule has 0 aliphatic carbocycles. The van der Waals surface area contributed by atoms with Crippen LogP contribution in [0.1, 0.15) is 30.5 Å². The molecule has 0 aliphatic heterocycles. The van der Waals surface area contributed by atoms with Crippen LogP contribution in [0.4, 0.5) is 0 Å². The standard InChI is InChI=1S/C27H33NO.C2H2O4/c1-22(21-28-23(2)18-24-12-6-3-7-13-24)27(29,19-25-14-8-4-9-15-25)20-26-16-10-5-11-17-26;3-1(4)2(5)6/h3-17,22-23,28-29H,18-21H2,1-2H3;(H,3,4)(H,5,6)/p-2. The van der Waals surface area contributed by atoms with E-state index in [9.17, 15) is 5.11 Å². The smallest absolute Gasteiger partial charge is 0.0870 e. The first-order chi connectivity index (χ1) is 16.7. The van der Waals surface area contributed by atoms with Crippen molar-refractivity contribution in [3.05, 3.63) is 108 Å². The van der Waals surface area contributed by atoms with Gasteiger partial charge in [-0.3, -0.25) is 0 Å². The molecule has 0 aromatic heterocycles. The highest BCUT2D eigenvalue weighted by Crippen LogP contribution is 2.27. The number of carboxylic acids is 2. The van der Waals surface area contributed by atoms with E-state index in [2.05, 4.69) is 73.8 Å². The number of hydrogen-bond acceptors (Lipinski definition) is 6. The van der Waals surface area contributed by atoms with Crippen molar-refractivity contribution < 1.29 is 24.9 Å². The predicted molar refractivity (Wildman–Crippen MR) is 132 cm³/mol. The summed E-state index contributed by atoms with van der Waals surface area (Å²) in [6.45, 7) is 5.16. The fraction of sp³-hybridized carbons (Fsp3) is 0.310. The van der Waals surface area contributed by atoms with Gasteiger partial charge in [-0.1, -0.05) is 97.9 Å². The zero-order chi connectivity index (χ0) is 25.7. The molecule has 0 bridgehead atoms. The molecule has 0 spiro atoms. The molecule has 3 aromatic carbocycles. The van der Waals surface area contributed by atoms with E-state index < -0.39 is 17.5 Å². The van der Waals surface area contributed by atoms with E-state index in [1.165, 1.54) is 16.7 Å². The molecule has 3 aromatic rings. The van der Waals surface area contributed by atoms with Crippen molar-refractivity contribution in [3.8, 4) is 0 Å². The molecule has 0 fully saturated rings. The molecular formula is C29H33NO5-2. The van der Waals surface area contributed by atoms with Gasteiger partial charge in [0.25, 0.3) is 0 Å². The lowest BCUT2D eigenvalue weighted by Crippen LogP contribution is -2.47. The monoisotopic (exact) mass is 475 g/mol. The van der Waals surface area contributed by atoms with Crippen LogP contribution in [0.15, 0.2) is 91.0 Å². The Morgan fingerprint density at radius 3 is 1.49 bits per heavy atom. The molecule has 0 saturated carbocycles. The lowest BCUT2D eigenvalue weighted by atomic mass is 9.78. The van der Waals surface area contributed by atoms with Crippen LogP contribution < -0.4 is 15.5 Å². The Bertz CT molecular complexity index is 971. The second kappa shape index (κ2) is 14.0. The van der Waals surface area contributed by atoms with Gasteiger partial charge in [0.15, 0.2) is 0 Å². The maximum Gasteiger partial charge on any atom is 0.0870 e. The van der Waals surface area contributed by atoms with Gasteiger partial charge in [0.1, 0.15) is 0 Å². The summed E-state index contributed by atoms with van der Waals surface area (Å²) in [5, 5.41) is 33.2. The summed E-state index contributed by atoms with van der Waals surface area (Å²) < 4.78 is 0. The molecule has 0 saturated heterocycles. The fourth-order valence-corrected chi connectivity index (χ4v) is 3.92. The number of hydrogen-bond donors (Lipinski definition) is 2. The summed E-state index contributed by atoms with van der Waals surface area (Å²) >= 11 is 0. The topological polar surface area (TPSA) is 113 Å². The van der Waals surface area contributed by atoms with Crippen molar-refractivity contribution in [3.63, 3.8) is 0 Å². The molecule has 35 heavy (non-hydrogen) atoms. The minimum Gasteiger partial charge on any atom is -0.543 e. The van der Waals surface area contributed by atoms with Crippen LogP contribution in [-0.4, -0.2) is 35.2 Å². The molecule has 0 heterocycles. The average molecular weight is 476 g/mol. The third-order valence-electron chi connectivity index (χ3n) is 5.95. The Hall–Kier alpha value is -3.48. The third-order valence-corrected chi connectivity index (χ3v) is 5.95. The zero-order valence-electron chi connectivity index (χ0n) is 20.2. The highest BCUT2D eigenvalue weighted by Gasteiger charge is 2.34. The van der Waals surface area contributed by atoms with Crippen LogP contribution in [0.5, 0.6) is 0 Å². The van der Waals surface area contributed by atoms with E-state index in [1.807, 2.05) is 36.4 Å². The molecule has 2 unspecified atom stereocenters. The summed E-state index contributed by atoms with van der Waals surface area (Å²) in [5.74, 6) is -4.26. The van der Waals surface area contributed by atoms with Crippen molar-refractivity contribution in [2.24, 2.45) is 5.92 Å². The van der Waals surface area contributed by atoms with Gasteiger partial charge in [-0.2, -0.15) is 0 Å². The van der Waals surface area contributed by atoms with Gasteiger partial charge >= 0.3 is 0 Å². The van der Waals surface area contributed by atoms with Gasteiger partial charge in [0.05, 0.1) is 17.5 Å². The van der Waals surface area contributed by atoms with Gasteiger partial charge in [0.2, 0.25) is 0 Å². The molecule has 0 aliphatic rings. The van der Waals surface area contributed by atoms with Crippen LogP contribution in [0.3, 0.4) is 0 Å². The van der Waals surface area contributed by atoms with Crippen molar-refractivity contribution in [1.29, 1.82) is 0 Å². The molecule has 186 valence electrons. The summed E-state index contributed by atoms with van der Waals surface area (Å²) in [5.41, 5.74) is 2.89. The van der Waals surface area contributed by atoms with Crippen LogP contribution in [-0.2, 0) is 28.9 Å². The van der Waals surface area contributed by atoms with Crippen molar-refractivity contribution >= 4 is 11.9 Å². The molecule has 0 radical (unpaired) electrons. The fourth-order valence-electron chi connectivity index (χ4n) is 3.92. The van der Waals surface area contributed by atoms with Crippen molar-refractivity contribution in [1.82, 2.24) is 5.32 Å². The number of aliphatic hydroxyl groups is 1. The van der Waals surface area contributed by atoms with E-state index in [0.717, 1.165) is 13.0 Å². The number of aliphatic carboxylic acids is 2. The number of nitrogens with one attached hydrogen (secondary N) is 1. The van der Waals surface area contributed by atoms with Crippen LogP contribution in [0, 0.1) is 5.92 Å². The van der Waals surface area contributed by atoms with Crippen LogP contribution >= 0.6 is 0 Å². The highest BCUT2D eigenvalue weighted by molar-refractivity contribution is 6.25. The molecule has 6 heteroatoms. The average Bonchev–Trinajstić information content (AvgIpc) is 2.84. The van der Waals surface area contributed by atoms with Crippen LogP contribution in [0.2, 0.25) is 0 Å². The predicted octanol–water partition coefficient (Wildman–Crippen LogP) is 1.55. The van der Waals surface area contributed by atoms with Gasteiger partial charge in [0, 0.05) is 25.4 Å². The van der Waals surface area contributed by atoms with Crippen molar-refractivity contribution in [2.75, 3.05) is 6.54 Å². The Morgan fingerprint density at radius 1 is 0.743 bits per heavy atom. The summed E-state index contributed by atoms with van der Waals surface area (Å²) in [4.78, 5) is 17.9. The Kier molecular flexibility index (Phi) is 11.1. The minimum absolute atomic E-state index is 0.112. The minimum atomic E-state index is -2.19. The first-order valence-corrected chi connectivity index (χ1v) is 11.7.